The fourth-order valence-electron chi connectivity index (χ4n) is 1.31. The van der Waals surface area contributed by atoms with Crippen LogP contribution in [0.2, 0.25) is 5.02 Å². The minimum Gasteiger partial charge on any atom is -0.360 e. The van der Waals surface area contributed by atoms with Crippen molar-refractivity contribution in [1.29, 1.82) is 0 Å². The van der Waals surface area contributed by atoms with E-state index < -0.39 is 0 Å². The number of aromatic amines is 1. The summed E-state index contributed by atoms with van der Waals surface area (Å²) in [5, 5.41) is 1.40. The Labute approximate surface area is 79.5 Å². The smallest absolute Gasteiger partial charge is 0.129 e. The zero-order valence-corrected chi connectivity index (χ0v) is 7.53. The van der Waals surface area contributed by atoms with Gasteiger partial charge in [0, 0.05) is 29.2 Å². The van der Waals surface area contributed by atoms with Crippen molar-refractivity contribution in [3.05, 3.63) is 34.7 Å². The van der Waals surface area contributed by atoms with Crippen molar-refractivity contribution < 1.29 is 4.39 Å². The van der Waals surface area contributed by atoms with Gasteiger partial charge < -0.3 is 10.7 Å². The first kappa shape index (κ1) is 8.53. The summed E-state index contributed by atoms with van der Waals surface area (Å²) in [6.07, 6.45) is 1.63. The van der Waals surface area contributed by atoms with Crippen LogP contribution in [0.25, 0.3) is 10.9 Å². The lowest BCUT2D eigenvalue weighted by atomic mass is 10.1. The average Bonchev–Trinajstić information content (AvgIpc) is 2.46. The highest BCUT2D eigenvalue weighted by molar-refractivity contribution is 6.35. The Balaban J connectivity index is 2.77. The van der Waals surface area contributed by atoms with Crippen LogP contribution in [0.3, 0.4) is 0 Å². The van der Waals surface area contributed by atoms with Crippen LogP contribution in [0, 0.1) is 5.82 Å². The second-order valence-electron chi connectivity index (χ2n) is 2.83. The summed E-state index contributed by atoms with van der Waals surface area (Å²) in [5.41, 5.74) is 6.54. The molecule has 0 bridgehead atoms. The molecule has 0 amide bonds. The molecule has 0 radical (unpaired) electrons. The molecule has 0 fully saturated rings. The predicted molar refractivity (Wildman–Crippen MR) is 51.2 cm³/mol. The molecule has 4 heteroatoms. The van der Waals surface area contributed by atoms with Gasteiger partial charge in [-0.05, 0) is 12.1 Å². The van der Waals surface area contributed by atoms with E-state index in [1.165, 1.54) is 6.07 Å². The van der Waals surface area contributed by atoms with Crippen molar-refractivity contribution in [1.82, 2.24) is 4.98 Å². The van der Waals surface area contributed by atoms with E-state index in [9.17, 15) is 4.39 Å². The van der Waals surface area contributed by atoms with Gasteiger partial charge in [0.15, 0.2) is 0 Å². The molecule has 0 saturated heterocycles. The number of nitrogens with one attached hydrogen (secondary N) is 1. The summed E-state index contributed by atoms with van der Waals surface area (Å²) in [7, 11) is 0. The maximum Gasteiger partial charge on any atom is 0.129 e. The summed E-state index contributed by atoms with van der Waals surface area (Å²) in [6, 6.07) is 3.08. The van der Waals surface area contributed by atoms with Gasteiger partial charge in [-0.1, -0.05) is 11.6 Å². The van der Waals surface area contributed by atoms with Crippen molar-refractivity contribution in [2.45, 2.75) is 6.54 Å². The third kappa shape index (κ3) is 1.30. The summed E-state index contributed by atoms with van der Waals surface area (Å²) in [4.78, 5) is 2.87. The second kappa shape index (κ2) is 3.01. The lowest BCUT2D eigenvalue weighted by molar-refractivity contribution is 0.612. The van der Waals surface area contributed by atoms with E-state index in [-0.39, 0.29) is 12.4 Å². The average molecular weight is 199 g/mol. The lowest BCUT2D eigenvalue weighted by Gasteiger charge is -1.99. The van der Waals surface area contributed by atoms with Gasteiger partial charge >= 0.3 is 0 Å². The van der Waals surface area contributed by atoms with Crippen molar-refractivity contribution in [2.75, 3.05) is 0 Å². The van der Waals surface area contributed by atoms with E-state index in [0.29, 0.717) is 16.1 Å². The number of halogens is 2. The number of fused-ring (bicyclic) bond motifs is 1. The molecule has 1 heterocycles. The Hall–Kier alpha value is -1.06. The summed E-state index contributed by atoms with van der Waals surface area (Å²) < 4.78 is 13.2. The molecule has 0 aliphatic carbocycles. The number of benzene rings is 1. The highest BCUT2D eigenvalue weighted by atomic mass is 35.5. The summed E-state index contributed by atoms with van der Waals surface area (Å²) in [6.45, 7) is 0.184. The van der Waals surface area contributed by atoms with Crippen LogP contribution in [0.15, 0.2) is 18.3 Å². The third-order valence-electron chi connectivity index (χ3n) is 2.02. The number of hydrogen-bond acceptors (Lipinski definition) is 1. The molecule has 0 saturated carbocycles. The van der Waals surface area contributed by atoms with E-state index in [0.717, 1.165) is 5.39 Å². The molecule has 1 aromatic heterocycles. The monoisotopic (exact) mass is 198 g/mol. The van der Waals surface area contributed by atoms with Gasteiger partial charge in [0.1, 0.15) is 5.82 Å². The van der Waals surface area contributed by atoms with Gasteiger partial charge in [-0.3, -0.25) is 0 Å². The van der Waals surface area contributed by atoms with Gasteiger partial charge in [0.2, 0.25) is 0 Å². The first-order valence-electron chi connectivity index (χ1n) is 3.87. The van der Waals surface area contributed by atoms with Gasteiger partial charge in [-0.15, -0.1) is 0 Å². The van der Waals surface area contributed by atoms with Crippen molar-refractivity contribution in [2.24, 2.45) is 5.73 Å². The van der Waals surface area contributed by atoms with Gasteiger partial charge in [-0.2, -0.15) is 0 Å². The molecule has 3 N–H and O–H groups in total. The Morgan fingerprint density at radius 3 is 2.92 bits per heavy atom. The molecule has 0 aliphatic heterocycles. The number of hydrogen-bond donors (Lipinski definition) is 2. The zero-order chi connectivity index (χ0) is 9.42. The molecule has 13 heavy (non-hydrogen) atoms. The Morgan fingerprint density at radius 1 is 1.46 bits per heavy atom. The molecule has 68 valence electrons. The number of nitrogens with two attached hydrogens (primary N) is 1. The fraction of sp³-hybridized carbons (Fsp3) is 0.111. The third-order valence-corrected chi connectivity index (χ3v) is 2.33. The van der Waals surface area contributed by atoms with Crippen LogP contribution in [0.4, 0.5) is 4.39 Å². The Kier molecular flexibility index (Phi) is 1.98. The maximum atomic E-state index is 13.2. The van der Waals surface area contributed by atoms with Crippen LogP contribution in [-0.2, 0) is 6.54 Å². The SMILES string of the molecule is NCc1cc2c(Cl)c[nH]c2cc1F. The number of H-pyrrole nitrogens is 1. The molecule has 0 spiro atoms. The normalized spacial score (nSPS) is 11.0. The van der Waals surface area contributed by atoms with Crippen LogP contribution in [0.5, 0.6) is 0 Å². The Bertz CT molecular complexity index is 450. The topological polar surface area (TPSA) is 41.8 Å². The van der Waals surface area contributed by atoms with E-state index in [2.05, 4.69) is 4.98 Å². The molecule has 2 aromatic rings. The van der Waals surface area contributed by atoms with Crippen molar-refractivity contribution in [3.8, 4) is 0 Å². The summed E-state index contributed by atoms with van der Waals surface area (Å²) in [5.74, 6) is -0.298. The van der Waals surface area contributed by atoms with E-state index in [1.54, 1.807) is 12.3 Å². The molecule has 0 atom stereocenters. The minimum atomic E-state index is -0.298. The molecule has 0 unspecified atom stereocenters. The predicted octanol–water partition coefficient (Wildman–Crippen LogP) is 2.42. The highest BCUT2D eigenvalue weighted by Gasteiger charge is 2.06. The van der Waals surface area contributed by atoms with E-state index >= 15 is 0 Å². The van der Waals surface area contributed by atoms with E-state index in [1.807, 2.05) is 0 Å². The highest BCUT2D eigenvalue weighted by Crippen LogP contribution is 2.25. The van der Waals surface area contributed by atoms with Crippen molar-refractivity contribution in [3.63, 3.8) is 0 Å². The fourth-order valence-corrected chi connectivity index (χ4v) is 1.52. The first-order valence-corrected chi connectivity index (χ1v) is 4.25. The van der Waals surface area contributed by atoms with Gasteiger partial charge in [0.05, 0.1) is 5.02 Å². The first-order chi connectivity index (χ1) is 6.22. The van der Waals surface area contributed by atoms with E-state index in [4.69, 9.17) is 17.3 Å². The van der Waals surface area contributed by atoms with Crippen LogP contribution in [0.1, 0.15) is 5.56 Å². The largest absolute Gasteiger partial charge is 0.360 e. The number of aromatic nitrogens is 1. The lowest BCUT2D eigenvalue weighted by Crippen LogP contribution is -1.99. The van der Waals surface area contributed by atoms with Gasteiger partial charge in [0.25, 0.3) is 0 Å². The van der Waals surface area contributed by atoms with Crippen LogP contribution < -0.4 is 5.73 Å². The van der Waals surface area contributed by atoms with Gasteiger partial charge in [-0.25, -0.2) is 4.39 Å². The molecule has 0 aliphatic rings. The quantitative estimate of drug-likeness (QED) is 0.726. The maximum absolute atomic E-state index is 13.2. The molecular formula is C9H8ClFN2. The standard InChI is InChI=1S/C9H8ClFN2/c10-7-4-13-9-2-8(11)5(3-12)1-6(7)9/h1-2,4,13H,3,12H2. The van der Waals surface area contributed by atoms with Crippen LogP contribution >= 0.6 is 11.6 Å². The van der Waals surface area contributed by atoms with Crippen molar-refractivity contribution >= 4 is 22.5 Å². The molecular weight excluding hydrogens is 191 g/mol. The minimum absolute atomic E-state index is 0.184. The molecule has 2 rings (SSSR count). The number of rotatable bonds is 1. The Morgan fingerprint density at radius 2 is 2.23 bits per heavy atom. The van der Waals surface area contributed by atoms with Crippen LogP contribution in [-0.4, -0.2) is 4.98 Å². The molecule has 2 nitrogen and oxygen atoms in total. The molecule has 1 aromatic carbocycles. The summed E-state index contributed by atoms with van der Waals surface area (Å²) >= 11 is 5.86. The zero-order valence-electron chi connectivity index (χ0n) is 6.77. The second-order valence-corrected chi connectivity index (χ2v) is 3.24.